The second-order valence-corrected chi connectivity index (χ2v) is 6.28. The number of hydrogen-bond donors (Lipinski definition) is 3. The van der Waals surface area contributed by atoms with Gasteiger partial charge in [0.25, 0.3) is 7.57 Å². The summed E-state index contributed by atoms with van der Waals surface area (Å²) in [6, 6.07) is -0.432. The van der Waals surface area contributed by atoms with E-state index in [0.717, 1.165) is 5.92 Å². The normalized spacial score (nSPS) is 14.8. The van der Waals surface area contributed by atoms with Crippen molar-refractivity contribution in [1.29, 1.82) is 0 Å². The first-order valence-corrected chi connectivity index (χ1v) is 8.20. The standard InChI is InChI=1S/C12H23N2O6P/c1-11(13(3-6-15)4-7-16)9-12(2)14(5-8-17)10-21(18,19)20/h6-8,10-12,18-20H,3-5,9H2,1-2H3. The molecular formula is C12H23N2O6P. The third-order valence-corrected chi connectivity index (χ3v) is 3.68. The second kappa shape index (κ2) is 9.94. The van der Waals surface area contributed by atoms with E-state index in [-0.39, 0.29) is 31.7 Å². The molecule has 0 fully saturated rings. The fourth-order valence-electron chi connectivity index (χ4n) is 2.03. The molecule has 0 aliphatic rings. The van der Waals surface area contributed by atoms with Crippen LogP contribution in [-0.4, -0.2) is 81.0 Å². The van der Waals surface area contributed by atoms with Gasteiger partial charge in [-0.15, -0.1) is 0 Å². The predicted molar refractivity (Wildman–Crippen MR) is 79.7 cm³/mol. The van der Waals surface area contributed by atoms with Gasteiger partial charge in [-0.2, -0.15) is 0 Å². The first kappa shape index (κ1) is 20.1. The summed E-state index contributed by atoms with van der Waals surface area (Å²) in [5.41, 5.74) is 0. The Morgan fingerprint density at radius 2 is 1.38 bits per heavy atom. The minimum absolute atomic E-state index is 0.0985. The molecule has 0 heterocycles. The number of aldehydes is 3. The number of hydrogen-bond acceptors (Lipinski definition) is 7. The topological polar surface area (TPSA) is 118 Å². The van der Waals surface area contributed by atoms with Crippen LogP contribution < -0.4 is 0 Å². The molecular weight excluding hydrogens is 299 g/mol. The van der Waals surface area contributed by atoms with Crippen LogP contribution in [0.4, 0.5) is 0 Å². The van der Waals surface area contributed by atoms with Crippen molar-refractivity contribution in [2.45, 2.75) is 32.4 Å². The highest BCUT2D eigenvalue weighted by atomic mass is 31.2. The van der Waals surface area contributed by atoms with E-state index in [1.54, 1.807) is 11.8 Å². The van der Waals surface area contributed by atoms with E-state index in [0.29, 0.717) is 25.3 Å². The van der Waals surface area contributed by atoms with Gasteiger partial charge >= 0.3 is 0 Å². The zero-order valence-corrected chi connectivity index (χ0v) is 13.1. The van der Waals surface area contributed by atoms with Crippen molar-refractivity contribution in [2.24, 2.45) is 0 Å². The highest BCUT2D eigenvalue weighted by Crippen LogP contribution is 2.30. The van der Waals surface area contributed by atoms with Crippen LogP contribution in [0.15, 0.2) is 0 Å². The van der Waals surface area contributed by atoms with E-state index in [9.17, 15) is 14.4 Å². The van der Waals surface area contributed by atoms with Crippen molar-refractivity contribution in [3.63, 3.8) is 0 Å². The maximum Gasteiger partial charge on any atom is 0.261 e. The molecule has 0 aromatic rings. The van der Waals surface area contributed by atoms with Crippen LogP contribution in [0.1, 0.15) is 20.3 Å². The smallest absolute Gasteiger partial charge is 0.261 e. The van der Waals surface area contributed by atoms with E-state index in [4.69, 9.17) is 14.7 Å². The van der Waals surface area contributed by atoms with Gasteiger partial charge in [-0.1, -0.05) is 0 Å². The van der Waals surface area contributed by atoms with Gasteiger partial charge in [0, 0.05) is 12.1 Å². The van der Waals surface area contributed by atoms with Gasteiger partial charge in [-0.05, 0) is 20.3 Å². The Bertz CT molecular complexity index is 379. The summed E-state index contributed by atoms with van der Waals surface area (Å²) in [5, 5.41) is 0. The molecule has 0 aromatic carbocycles. The zero-order valence-electron chi connectivity index (χ0n) is 12.2. The molecule has 2 unspecified atom stereocenters. The lowest BCUT2D eigenvalue weighted by Gasteiger charge is -2.31. The van der Waals surface area contributed by atoms with Gasteiger partial charge in [0.2, 0.25) is 0 Å². The Morgan fingerprint density at radius 1 is 0.905 bits per heavy atom. The molecule has 8 nitrogen and oxygen atoms in total. The molecule has 0 bridgehead atoms. The lowest BCUT2D eigenvalue weighted by Crippen LogP contribution is -2.42. The third kappa shape index (κ3) is 8.87. The summed E-state index contributed by atoms with van der Waals surface area (Å²) >= 11 is 0. The molecule has 0 aromatic heterocycles. The summed E-state index contributed by atoms with van der Waals surface area (Å²) in [5.74, 6) is 0.850. The summed E-state index contributed by atoms with van der Waals surface area (Å²) in [7, 11) is -4.13. The van der Waals surface area contributed by atoms with Crippen LogP contribution in [0.3, 0.4) is 0 Å². The van der Waals surface area contributed by atoms with Crippen molar-refractivity contribution in [2.75, 3.05) is 19.6 Å². The van der Waals surface area contributed by atoms with Crippen LogP contribution in [0.25, 0.3) is 0 Å². The number of carbonyl (C=O) groups excluding carboxylic acids is 3. The van der Waals surface area contributed by atoms with Crippen molar-refractivity contribution in [3.8, 4) is 0 Å². The quantitative estimate of drug-likeness (QED) is 0.322. The van der Waals surface area contributed by atoms with E-state index in [2.05, 4.69) is 0 Å². The van der Waals surface area contributed by atoms with Gasteiger partial charge in [0.05, 0.1) is 25.6 Å². The minimum atomic E-state index is -4.13. The lowest BCUT2D eigenvalue weighted by molar-refractivity contribution is -0.112. The molecule has 0 aliphatic heterocycles. The molecule has 3 N–H and O–H groups in total. The summed E-state index contributed by atoms with van der Waals surface area (Å²) in [6.45, 7) is 3.69. The molecule has 0 aliphatic carbocycles. The van der Waals surface area contributed by atoms with Crippen LogP contribution in [0, 0.1) is 0 Å². The molecule has 0 saturated heterocycles. The van der Waals surface area contributed by atoms with Gasteiger partial charge in [-0.25, -0.2) is 0 Å². The Kier molecular flexibility index (Phi) is 9.52. The first-order chi connectivity index (χ1) is 9.75. The van der Waals surface area contributed by atoms with Gasteiger partial charge in [-0.3, -0.25) is 9.80 Å². The molecule has 0 amide bonds. The van der Waals surface area contributed by atoms with Crippen molar-refractivity contribution >= 4 is 32.3 Å². The molecule has 2 atom stereocenters. The van der Waals surface area contributed by atoms with E-state index in [1.165, 1.54) is 4.90 Å². The largest absolute Gasteiger partial charge is 0.332 e. The minimum Gasteiger partial charge on any atom is -0.332 e. The lowest BCUT2D eigenvalue weighted by atomic mass is 10.1. The van der Waals surface area contributed by atoms with Crippen molar-refractivity contribution in [1.82, 2.24) is 9.80 Å². The van der Waals surface area contributed by atoms with Crippen molar-refractivity contribution < 1.29 is 29.1 Å². The SMILES string of the molecule is CC(CC(C)N(CC=O)CC=O)N(C=P(O)(O)O)CC=O. The van der Waals surface area contributed by atoms with Crippen LogP contribution >= 0.6 is 7.57 Å². The summed E-state index contributed by atoms with van der Waals surface area (Å²) in [4.78, 5) is 62.0. The highest BCUT2D eigenvalue weighted by Gasteiger charge is 2.21. The Morgan fingerprint density at radius 3 is 1.76 bits per heavy atom. The van der Waals surface area contributed by atoms with E-state index < -0.39 is 7.57 Å². The average molecular weight is 322 g/mol. The fraction of sp³-hybridized carbons (Fsp3) is 0.667. The molecule has 0 radical (unpaired) electrons. The summed E-state index contributed by atoms with van der Waals surface area (Å²) in [6.07, 6.45) is 2.45. The fourth-order valence-corrected chi connectivity index (χ4v) is 2.75. The summed E-state index contributed by atoms with van der Waals surface area (Å²) < 4.78 is 0. The van der Waals surface area contributed by atoms with Crippen LogP contribution in [0.2, 0.25) is 0 Å². The molecule has 0 rings (SSSR count). The Hall–Kier alpha value is -0.890. The molecule has 122 valence electrons. The maximum atomic E-state index is 10.6. The number of carbonyl (C=O) groups is 3. The average Bonchev–Trinajstić information content (AvgIpc) is 2.36. The highest BCUT2D eigenvalue weighted by molar-refractivity contribution is 7.58. The second-order valence-electron chi connectivity index (χ2n) is 4.81. The van der Waals surface area contributed by atoms with Crippen LogP contribution in [0.5, 0.6) is 0 Å². The van der Waals surface area contributed by atoms with Crippen LogP contribution in [-0.2, 0) is 14.4 Å². The number of nitrogens with zero attached hydrogens (tertiary/aromatic N) is 2. The third-order valence-electron chi connectivity index (χ3n) is 3.08. The maximum absolute atomic E-state index is 10.6. The van der Waals surface area contributed by atoms with Crippen molar-refractivity contribution in [3.05, 3.63) is 0 Å². The van der Waals surface area contributed by atoms with Gasteiger partial charge in [0.1, 0.15) is 18.9 Å². The Labute approximate surface area is 124 Å². The molecule has 0 spiro atoms. The monoisotopic (exact) mass is 322 g/mol. The van der Waals surface area contributed by atoms with Gasteiger partial charge < -0.3 is 29.1 Å². The first-order valence-electron chi connectivity index (χ1n) is 6.48. The van der Waals surface area contributed by atoms with E-state index in [1.807, 2.05) is 6.92 Å². The number of rotatable bonds is 11. The Balaban J connectivity index is 4.86. The molecule has 9 heteroatoms. The molecule has 21 heavy (non-hydrogen) atoms. The zero-order chi connectivity index (χ0) is 16.5. The predicted octanol–water partition coefficient (Wildman–Crippen LogP) is -1.15. The van der Waals surface area contributed by atoms with E-state index >= 15 is 0 Å². The molecule has 0 saturated carbocycles. The van der Waals surface area contributed by atoms with Gasteiger partial charge in [0.15, 0.2) is 0 Å².